The van der Waals surface area contributed by atoms with Gasteiger partial charge in [-0.05, 0) is 6.42 Å². The number of hydrogen-bond acceptors (Lipinski definition) is 2. The fourth-order valence-electron chi connectivity index (χ4n) is 2.23. The first kappa shape index (κ1) is 15.7. The van der Waals surface area contributed by atoms with Gasteiger partial charge >= 0.3 is 12.3 Å². The van der Waals surface area contributed by atoms with Crippen molar-refractivity contribution in [2.75, 3.05) is 0 Å². The van der Waals surface area contributed by atoms with Crippen molar-refractivity contribution < 1.29 is 17.6 Å². The summed E-state index contributed by atoms with van der Waals surface area (Å²) in [5.41, 5.74) is 0.574. The summed E-state index contributed by atoms with van der Waals surface area (Å²) in [7, 11) is 0. The number of fused-ring (bicyclic) bond motifs is 1. The van der Waals surface area contributed by atoms with Crippen LogP contribution in [0.25, 0.3) is 5.65 Å². The number of halogens is 4. The molecule has 0 aromatic carbocycles. The smallest absolute Gasteiger partial charge is 0.287 e. The summed E-state index contributed by atoms with van der Waals surface area (Å²) in [6.45, 7) is 7.78. The van der Waals surface area contributed by atoms with Gasteiger partial charge in [0, 0.05) is 17.2 Å². The molecule has 7 heteroatoms. The van der Waals surface area contributed by atoms with Crippen LogP contribution in [0.3, 0.4) is 0 Å². The third-order valence-electron chi connectivity index (χ3n) is 3.28. The summed E-state index contributed by atoms with van der Waals surface area (Å²) in [5.74, 6) is -4.28. The Bertz CT molecular complexity index is 656. The van der Waals surface area contributed by atoms with Crippen LogP contribution in [-0.4, -0.2) is 20.8 Å². The number of alkyl halides is 4. The third-order valence-corrected chi connectivity index (χ3v) is 3.28. The molecule has 0 atom stereocenters. The zero-order valence-electron chi connectivity index (χ0n) is 12.3. The van der Waals surface area contributed by atoms with Crippen LogP contribution in [0.1, 0.15) is 44.8 Å². The lowest BCUT2D eigenvalue weighted by atomic mass is 9.90. The van der Waals surface area contributed by atoms with Gasteiger partial charge in [0.05, 0.1) is 5.69 Å². The first-order valence-corrected chi connectivity index (χ1v) is 6.63. The lowest BCUT2D eigenvalue weighted by molar-refractivity contribution is -0.138. The zero-order valence-corrected chi connectivity index (χ0v) is 12.3. The van der Waals surface area contributed by atoms with E-state index in [-0.39, 0.29) is 11.1 Å². The highest BCUT2D eigenvalue weighted by Crippen LogP contribution is 2.34. The molecule has 2 aromatic heterocycles. The molecular formula is C14H17F4N3. The minimum Gasteiger partial charge on any atom is -0.287 e. The maximum atomic E-state index is 13.4. The third kappa shape index (κ3) is 2.61. The van der Waals surface area contributed by atoms with E-state index in [1.54, 1.807) is 4.40 Å². The number of aromatic nitrogens is 3. The Morgan fingerprint density at radius 2 is 1.86 bits per heavy atom. The van der Waals surface area contributed by atoms with Crippen molar-refractivity contribution in [3.05, 3.63) is 29.5 Å². The molecular weight excluding hydrogens is 286 g/mol. The Balaban J connectivity index is 2.66. The molecule has 21 heavy (non-hydrogen) atoms. The minimum atomic E-state index is -4.28. The molecule has 0 spiro atoms. The van der Waals surface area contributed by atoms with Gasteiger partial charge in [0.2, 0.25) is 0 Å². The van der Waals surface area contributed by atoms with Gasteiger partial charge in [-0.2, -0.15) is 8.78 Å². The van der Waals surface area contributed by atoms with Crippen LogP contribution in [0.15, 0.2) is 12.4 Å². The van der Waals surface area contributed by atoms with Crippen molar-refractivity contribution in [3.63, 3.8) is 0 Å². The van der Waals surface area contributed by atoms with Gasteiger partial charge in [-0.15, -0.1) is 0 Å². The van der Waals surface area contributed by atoms with E-state index in [1.165, 1.54) is 0 Å². The second kappa shape index (κ2) is 4.96. The molecule has 2 rings (SSSR count). The Hall–Kier alpha value is -1.66. The minimum absolute atomic E-state index is 0.210. The molecule has 0 saturated carbocycles. The van der Waals surface area contributed by atoms with Crippen molar-refractivity contribution in [3.8, 4) is 0 Å². The highest BCUT2D eigenvalue weighted by Gasteiger charge is 2.44. The first-order chi connectivity index (χ1) is 9.59. The van der Waals surface area contributed by atoms with Gasteiger partial charge in [0.25, 0.3) is 0 Å². The highest BCUT2D eigenvalue weighted by atomic mass is 19.3. The Kier molecular flexibility index (Phi) is 3.71. The van der Waals surface area contributed by atoms with Gasteiger partial charge in [0.15, 0.2) is 0 Å². The molecule has 0 unspecified atom stereocenters. The number of rotatable bonds is 3. The van der Waals surface area contributed by atoms with Gasteiger partial charge in [-0.3, -0.25) is 4.40 Å². The fraction of sp³-hybridized carbons (Fsp3) is 0.571. The van der Waals surface area contributed by atoms with Crippen molar-refractivity contribution in [2.45, 2.75) is 51.9 Å². The van der Waals surface area contributed by atoms with E-state index < -0.39 is 18.0 Å². The van der Waals surface area contributed by atoms with E-state index in [0.29, 0.717) is 6.42 Å². The zero-order chi connectivity index (χ0) is 16.0. The molecule has 2 heterocycles. The van der Waals surface area contributed by atoms with Crippen LogP contribution in [0.5, 0.6) is 0 Å². The van der Waals surface area contributed by atoms with Gasteiger partial charge < -0.3 is 0 Å². The number of nitrogens with zero attached hydrogens (tertiary/aromatic N) is 3. The summed E-state index contributed by atoms with van der Waals surface area (Å²) in [6, 6.07) is 0.931. The molecule has 2 aromatic rings. The molecule has 0 aliphatic heterocycles. The summed E-state index contributed by atoms with van der Waals surface area (Å²) < 4.78 is 53.2. The summed E-state index contributed by atoms with van der Waals surface area (Å²) in [4.78, 5) is 7.83. The topological polar surface area (TPSA) is 30.2 Å². The molecule has 0 saturated heterocycles. The molecule has 0 aliphatic rings. The van der Waals surface area contributed by atoms with Crippen molar-refractivity contribution in [1.29, 1.82) is 0 Å². The molecule has 3 nitrogen and oxygen atoms in total. The van der Waals surface area contributed by atoms with Crippen molar-refractivity contribution in [1.82, 2.24) is 14.4 Å². The quantitative estimate of drug-likeness (QED) is 0.804. The average Bonchev–Trinajstić information content (AvgIpc) is 2.75. The predicted octanol–water partition coefficient (Wildman–Crippen LogP) is 3.95. The van der Waals surface area contributed by atoms with Crippen LogP contribution < -0.4 is 0 Å². The predicted molar refractivity (Wildman–Crippen MR) is 71.0 cm³/mol. The van der Waals surface area contributed by atoms with Gasteiger partial charge in [-0.1, -0.05) is 27.7 Å². The second-order valence-electron chi connectivity index (χ2n) is 5.94. The van der Waals surface area contributed by atoms with E-state index in [4.69, 9.17) is 0 Å². The van der Waals surface area contributed by atoms with Crippen LogP contribution in [-0.2, 0) is 17.8 Å². The monoisotopic (exact) mass is 303 g/mol. The SMILES string of the molecule is CCc1c(C(C)(C)C)nc2cc(C(F)(F)C(F)F)ncn12. The molecule has 116 valence electrons. The van der Waals surface area contributed by atoms with Crippen LogP contribution in [0.4, 0.5) is 17.6 Å². The maximum absolute atomic E-state index is 13.4. The molecule has 0 amide bonds. The van der Waals surface area contributed by atoms with E-state index >= 15 is 0 Å². The Labute approximate surface area is 120 Å². The molecule has 0 N–H and O–H groups in total. The Morgan fingerprint density at radius 1 is 1.24 bits per heavy atom. The maximum Gasteiger partial charge on any atom is 0.349 e. The first-order valence-electron chi connectivity index (χ1n) is 6.63. The molecule has 0 bridgehead atoms. The molecule has 0 radical (unpaired) electrons. The summed E-state index contributed by atoms with van der Waals surface area (Å²) in [5, 5.41) is 0. The number of hydrogen-bond donors (Lipinski definition) is 0. The fourth-order valence-corrected chi connectivity index (χ4v) is 2.23. The molecule has 0 aliphatic carbocycles. The van der Waals surface area contributed by atoms with Crippen molar-refractivity contribution in [2.24, 2.45) is 0 Å². The van der Waals surface area contributed by atoms with E-state index in [0.717, 1.165) is 23.8 Å². The number of aryl methyl sites for hydroxylation is 1. The normalized spacial score (nSPS) is 13.4. The van der Waals surface area contributed by atoms with E-state index in [2.05, 4.69) is 9.97 Å². The lowest BCUT2D eigenvalue weighted by Crippen LogP contribution is -2.25. The standard InChI is InChI=1S/C14H17F4N3/c1-5-8-11(13(2,3)4)20-10-6-9(19-7-21(8)10)14(17,18)12(15)16/h6-7,12H,5H2,1-4H3. The second-order valence-corrected chi connectivity index (χ2v) is 5.94. The highest BCUT2D eigenvalue weighted by molar-refractivity contribution is 5.46. The van der Waals surface area contributed by atoms with Crippen molar-refractivity contribution >= 4 is 5.65 Å². The Morgan fingerprint density at radius 3 is 2.33 bits per heavy atom. The van der Waals surface area contributed by atoms with E-state index in [9.17, 15) is 17.6 Å². The van der Waals surface area contributed by atoms with Gasteiger partial charge in [0.1, 0.15) is 17.7 Å². The van der Waals surface area contributed by atoms with Crippen LogP contribution >= 0.6 is 0 Å². The largest absolute Gasteiger partial charge is 0.349 e. The van der Waals surface area contributed by atoms with E-state index in [1.807, 2.05) is 27.7 Å². The number of imidazole rings is 1. The van der Waals surface area contributed by atoms with Crippen LogP contribution in [0.2, 0.25) is 0 Å². The summed E-state index contributed by atoms with van der Waals surface area (Å²) >= 11 is 0. The average molecular weight is 303 g/mol. The van der Waals surface area contributed by atoms with Gasteiger partial charge in [-0.25, -0.2) is 18.7 Å². The summed E-state index contributed by atoms with van der Waals surface area (Å²) in [6.07, 6.45) is -2.02. The lowest BCUT2D eigenvalue weighted by Gasteiger charge is -2.17. The molecule has 0 fully saturated rings. The van der Waals surface area contributed by atoms with Crippen LogP contribution in [0, 0.1) is 0 Å².